The van der Waals surface area contributed by atoms with Gasteiger partial charge in [0.1, 0.15) is 4.83 Å². The van der Waals surface area contributed by atoms with Crippen LogP contribution in [0, 0.1) is 13.8 Å². The molecule has 0 spiro atoms. The second kappa shape index (κ2) is 10.0. The SMILES string of the molecule is CCN(CC)C(=O)c1sc2c(c1C)c(=O)n(-c1ccc(Cl)c(Cl)c1)c(=O)n2Cc1ccc(C)cc1. The van der Waals surface area contributed by atoms with Crippen molar-refractivity contribution in [1.82, 2.24) is 14.0 Å². The Labute approximate surface area is 216 Å². The predicted octanol–water partition coefficient (Wildman–Crippen LogP) is 5.67. The van der Waals surface area contributed by atoms with Crippen molar-refractivity contribution in [3.63, 3.8) is 0 Å². The van der Waals surface area contributed by atoms with Crippen LogP contribution in [-0.2, 0) is 6.54 Å². The van der Waals surface area contributed by atoms with Crippen LogP contribution < -0.4 is 11.2 Å². The average Bonchev–Trinajstić information content (AvgIpc) is 3.18. The Morgan fingerprint density at radius 1 is 0.971 bits per heavy atom. The first-order chi connectivity index (χ1) is 16.7. The molecule has 0 N–H and O–H groups in total. The number of rotatable bonds is 6. The molecule has 0 aliphatic rings. The third-order valence-corrected chi connectivity index (χ3v) is 8.12. The fourth-order valence-corrected chi connectivity index (χ4v) is 5.62. The van der Waals surface area contributed by atoms with Gasteiger partial charge in [0, 0.05) is 13.1 Å². The summed E-state index contributed by atoms with van der Waals surface area (Å²) >= 11 is 13.5. The predicted molar refractivity (Wildman–Crippen MR) is 144 cm³/mol. The summed E-state index contributed by atoms with van der Waals surface area (Å²) in [6.07, 6.45) is 0. The van der Waals surface area contributed by atoms with E-state index in [4.69, 9.17) is 23.2 Å². The van der Waals surface area contributed by atoms with Gasteiger partial charge in [-0.25, -0.2) is 9.36 Å². The summed E-state index contributed by atoms with van der Waals surface area (Å²) in [6, 6.07) is 12.5. The second-order valence-electron chi connectivity index (χ2n) is 8.31. The first-order valence-corrected chi connectivity index (χ1v) is 12.8. The quantitative estimate of drug-likeness (QED) is 0.323. The number of amides is 1. The molecule has 1 amide bonds. The topological polar surface area (TPSA) is 64.3 Å². The zero-order valence-electron chi connectivity index (χ0n) is 19.9. The van der Waals surface area contributed by atoms with Gasteiger partial charge in [-0.1, -0.05) is 53.0 Å². The van der Waals surface area contributed by atoms with Gasteiger partial charge < -0.3 is 4.90 Å². The first-order valence-electron chi connectivity index (χ1n) is 11.3. The lowest BCUT2D eigenvalue weighted by atomic mass is 10.1. The molecule has 2 heterocycles. The third-order valence-electron chi connectivity index (χ3n) is 6.08. The molecule has 182 valence electrons. The molecule has 0 unspecified atom stereocenters. The molecular formula is C26H25Cl2N3O3S. The largest absolute Gasteiger partial charge is 0.338 e. The summed E-state index contributed by atoms with van der Waals surface area (Å²) in [4.78, 5) is 43.4. The van der Waals surface area contributed by atoms with Gasteiger partial charge in [-0.3, -0.25) is 14.2 Å². The van der Waals surface area contributed by atoms with E-state index < -0.39 is 11.2 Å². The van der Waals surface area contributed by atoms with Gasteiger partial charge in [0.15, 0.2) is 0 Å². The number of carbonyl (C=O) groups is 1. The number of thiophene rings is 1. The lowest BCUT2D eigenvalue weighted by Gasteiger charge is -2.17. The Kier molecular flexibility index (Phi) is 7.22. The van der Waals surface area contributed by atoms with Gasteiger partial charge in [0.2, 0.25) is 0 Å². The van der Waals surface area contributed by atoms with E-state index in [1.165, 1.54) is 17.4 Å². The highest BCUT2D eigenvalue weighted by molar-refractivity contribution is 7.20. The maximum atomic E-state index is 13.8. The summed E-state index contributed by atoms with van der Waals surface area (Å²) in [7, 11) is 0. The van der Waals surface area contributed by atoms with Crippen molar-refractivity contribution in [3.05, 3.63) is 94.9 Å². The number of fused-ring (bicyclic) bond motifs is 1. The van der Waals surface area contributed by atoms with Crippen LogP contribution in [0.4, 0.5) is 0 Å². The molecule has 4 aromatic rings. The van der Waals surface area contributed by atoms with E-state index in [0.29, 0.717) is 44.5 Å². The molecule has 0 aliphatic heterocycles. The van der Waals surface area contributed by atoms with Crippen LogP contribution in [-0.4, -0.2) is 33.0 Å². The summed E-state index contributed by atoms with van der Waals surface area (Å²) < 4.78 is 2.66. The van der Waals surface area contributed by atoms with Crippen molar-refractivity contribution in [2.45, 2.75) is 34.2 Å². The van der Waals surface area contributed by atoms with Gasteiger partial charge in [0.25, 0.3) is 11.5 Å². The monoisotopic (exact) mass is 529 g/mol. The molecule has 6 nitrogen and oxygen atoms in total. The lowest BCUT2D eigenvalue weighted by Crippen LogP contribution is -2.39. The summed E-state index contributed by atoms with van der Waals surface area (Å²) in [6.45, 7) is 8.92. The minimum Gasteiger partial charge on any atom is -0.338 e. The molecule has 9 heteroatoms. The zero-order chi connectivity index (χ0) is 25.4. The van der Waals surface area contributed by atoms with Gasteiger partial charge in [-0.15, -0.1) is 11.3 Å². The number of halogens is 2. The molecular weight excluding hydrogens is 505 g/mol. The number of hydrogen-bond donors (Lipinski definition) is 0. The number of hydrogen-bond acceptors (Lipinski definition) is 4. The third kappa shape index (κ3) is 4.56. The fourth-order valence-electron chi connectivity index (χ4n) is 4.07. The first kappa shape index (κ1) is 25.2. The van der Waals surface area contributed by atoms with Crippen molar-refractivity contribution in [2.75, 3.05) is 13.1 Å². The van der Waals surface area contributed by atoms with Crippen LogP contribution in [0.15, 0.2) is 52.1 Å². The molecule has 2 aromatic carbocycles. The molecule has 0 aliphatic carbocycles. The maximum absolute atomic E-state index is 13.8. The van der Waals surface area contributed by atoms with Crippen molar-refractivity contribution in [3.8, 4) is 5.69 Å². The maximum Gasteiger partial charge on any atom is 0.337 e. The van der Waals surface area contributed by atoms with Gasteiger partial charge in [-0.2, -0.15) is 0 Å². The second-order valence-corrected chi connectivity index (χ2v) is 10.1. The highest BCUT2D eigenvalue weighted by Gasteiger charge is 2.25. The number of nitrogens with zero attached hydrogens (tertiary/aromatic N) is 3. The Hall–Kier alpha value is -2.87. The zero-order valence-corrected chi connectivity index (χ0v) is 22.2. The van der Waals surface area contributed by atoms with Crippen molar-refractivity contribution in [2.24, 2.45) is 0 Å². The van der Waals surface area contributed by atoms with Gasteiger partial charge in [0.05, 0.1) is 32.5 Å². The van der Waals surface area contributed by atoms with Gasteiger partial charge in [-0.05, 0) is 57.0 Å². The minimum absolute atomic E-state index is 0.150. The van der Waals surface area contributed by atoms with E-state index in [0.717, 1.165) is 15.7 Å². The number of aromatic nitrogens is 2. The fraction of sp³-hybridized carbons (Fsp3) is 0.269. The molecule has 0 saturated heterocycles. The smallest absolute Gasteiger partial charge is 0.337 e. The van der Waals surface area contributed by atoms with Crippen LogP contribution in [0.1, 0.15) is 40.2 Å². The van der Waals surface area contributed by atoms with Crippen LogP contribution in [0.2, 0.25) is 10.0 Å². The lowest BCUT2D eigenvalue weighted by molar-refractivity contribution is 0.0777. The Bertz CT molecular complexity index is 1550. The van der Waals surface area contributed by atoms with Crippen LogP contribution in [0.25, 0.3) is 15.9 Å². The molecule has 0 saturated carbocycles. The molecule has 2 aromatic heterocycles. The summed E-state index contributed by atoms with van der Waals surface area (Å²) in [5.41, 5.74) is 1.89. The van der Waals surface area contributed by atoms with Crippen LogP contribution >= 0.6 is 34.5 Å². The molecule has 4 rings (SSSR count). The molecule has 35 heavy (non-hydrogen) atoms. The van der Waals surface area contributed by atoms with Gasteiger partial charge >= 0.3 is 5.69 Å². The normalized spacial score (nSPS) is 11.3. The Morgan fingerprint density at radius 2 is 1.63 bits per heavy atom. The van der Waals surface area contributed by atoms with E-state index >= 15 is 0 Å². The number of benzene rings is 2. The Morgan fingerprint density at radius 3 is 2.23 bits per heavy atom. The van der Waals surface area contributed by atoms with Crippen LogP contribution in [0.3, 0.4) is 0 Å². The standard InChI is InChI=1S/C26H25Cl2N3O3S/c1-5-29(6-2)24(33)22-16(4)21-23(32)31(18-11-12-19(27)20(28)13-18)26(34)30(25(21)35-22)14-17-9-7-15(3)8-10-17/h7-13H,5-6,14H2,1-4H3. The minimum atomic E-state index is -0.510. The summed E-state index contributed by atoms with van der Waals surface area (Å²) in [5, 5.41) is 0.909. The average molecular weight is 530 g/mol. The van der Waals surface area contributed by atoms with E-state index in [1.54, 1.807) is 28.5 Å². The van der Waals surface area contributed by atoms with E-state index in [-0.39, 0.29) is 17.5 Å². The number of carbonyl (C=O) groups excluding carboxylic acids is 1. The summed E-state index contributed by atoms with van der Waals surface area (Å²) in [5.74, 6) is -0.150. The molecule has 0 radical (unpaired) electrons. The van der Waals surface area contributed by atoms with Crippen molar-refractivity contribution >= 4 is 50.7 Å². The van der Waals surface area contributed by atoms with E-state index in [2.05, 4.69) is 0 Å². The molecule has 0 bridgehead atoms. The molecule has 0 atom stereocenters. The van der Waals surface area contributed by atoms with E-state index in [1.807, 2.05) is 45.0 Å². The Balaban J connectivity index is 2.05. The van der Waals surface area contributed by atoms with E-state index in [9.17, 15) is 14.4 Å². The van der Waals surface area contributed by atoms with Crippen molar-refractivity contribution in [1.29, 1.82) is 0 Å². The highest BCUT2D eigenvalue weighted by Crippen LogP contribution is 2.30. The van der Waals surface area contributed by atoms with Crippen molar-refractivity contribution < 1.29 is 4.79 Å². The molecule has 0 fully saturated rings. The highest BCUT2D eigenvalue weighted by atomic mass is 35.5. The number of aryl methyl sites for hydroxylation is 2. The van der Waals surface area contributed by atoms with Crippen LogP contribution in [0.5, 0.6) is 0 Å².